The van der Waals surface area contributed by atoms with Crippen LogP contribution in [0.1, 0.15) is 18.6 Å². The standard InChI is InChI=1S/C26H22N4O3S/c1-17-23(25(32)30-19-11-6-3-7-12-19)24(21-13-8-14-33-21)20(15-27)26(28-17)34-16-22(31)29-18-9-4-2-5-10-18/h2-14,24,28H,16H2,1H3,(H,29,31)(H,30,32)/t24-/m1/s1. The highest BCUT2D eigenvalue weighted by Crippen LogP contribution is 2.41. The number of nitrogens with zero attached hydrogens (tertiary/aromatic N) is 1. The molecule has 0 spiro atoms. The number of carbonyl (C=O) groups is 2. The fourth-order valence-corrected chi connectivity index (χ4v) is 4.54. The number of nitriles is 1. The maximum Gasteiger partial charge on any atom is 0.254 e. The van der Waals surface area contributed by atoms with Gasteiger partial charge >= 0.3 is 0 Å². The molecule has 2 aromatic carbocycles. The van der Waals surface area contributed by atoms with Crippen molar-refractivity contribution in [3.63, 3.8) is 0 Å². The first-order valence-corrected chi connectivity index (χ1v) is 11.5. The maximum absolute atomic E-state index is 13.3. The molecule has 3 N–H and O–H groups in total. The molecule has 2 heterocycles. The lowest BCUT2D eigenvalue weighted by Crippen LogP contribution is -2.31. The van der Waals surface area contributed by atoms with Crippen molar-refractivity contribution in [1.82, 2.24) is 5.32 Å². The van der Waals surface area contributed by atoms with Crippen molar-refractivity contribution >= 4 is 35.0 Å². The fraction of sp³-hybridized carbons (Fsp3) is 0.115. The Bertz CT molecular complexity index is 1280. The first-order chi connectivity index (χ1) is 16.6. The van der Waals surface area contributed by atoms with E-state index >= 15 is 0 Å². The number of hydrogen-bond donors (Lipinski definition) is 3. The summed E-state index contributed by atoms with van der Waals surface area (Å²) < 4.78 is 5.62. The zero-order valence-corrected chi connectivity index (χ0v) is 19.2. The van der Waals surface area contributed by atoms with Gasteiger partial charge in [0, 0.05) is 17.1 Å². The molecule has 0 radical (unpaired) electrons. The second-order valence-corrected chi connectivity index (χ2v) is 8.48. The van der Waals surface area contributed by atoms with E-state index in [0.29, 0.717) is 39.0 Å². The van der Waals surface area contributed by atoms with E-state index in [-0.39, 0.29) is 17.6 Å². The van der Waals surface area contributed by atoms with E-state index in [1.165, 1.54) is 18.0 Å². The summed E-state index contributed by atoms with van der Waals surface area (Å²) >= 11 is 1.21. The van der Waals surface area contributed by atoms with Gasteiger partial charge in [-0.05, 0) is 43.3 Å². The van der Waals surface area contributed by atoms with Gasteiger partial charge in [0.05, 0.1) is 40.2 Å². The molecule has 4 rings (SSSR count). The monoisotopic (exact) mass is 470 g/mol. The van der Waals surface area contributed by atoms with Gasteiger partial charge in [-0.1, -0.05) is 48.2 Å². The van der Waals surface area contributed by atoms with Crippen LogP contribution in [0.5, 0.6) is 0 Å². The minimum atomic E-state index is -0.704. The third-order valence-electron chi connectivity index (χ3n) is 5.16. The van der Waals surface area contributed by atoms with E-state index in [1.807, 2.05) is 36.4 Å². The first-order valence-electron chi connectivity index (χ1n) is 10.6. The van der Waals surface area contributed by atoms with Crippen LogP contribution in [0, 0.1) is 11.3 Å². The number of thioether (sulfide) groups is 1. The molecule has 170 valence electrons. The molecular weight excluding hydrogens is 448 g/mol. The van der Waals surface area contributed by atoms with Gasteiger partial charge in [-0.15, -0.1) is 0 Å². The molecule has 1 aliphatic heterocycles. The molecule has 0 unspecified atom stereocenters. The Morgan fingerprint density at radius 1 is 1.00 bits per heavy atom. The van der Waals surface area contributed by atoms with E-state index in [9.17, 15) is 14.9 Å². The summed E-state index contributed by atoms with van der Waals surface area (Å²) in [5, 5.41) is 19.4. The Kier molecular flexibility index (Phi) is 7.16. The van der Waals surface area contributed by atoms with Crippen molar-refractivity contribution < 1.29 is 14.0 Å². The van der Waals surface area contributed by atoms with Crippen LogP contribution in [0.3, 0.4) is 0 Å². The molecule has 34 heavy (non-hydrogen) atoms. The number of hydrogen-bond acceptors (Lipinski definition) is 6. The third kappa shape index (κ3) is 5.22. The number of carbonyl (C=O) groups excluding carboxylic acids is 2. The molecule has 0 saturated carbocycles. The predicted molar refractivity (Wildman–Crippen MR) is 133 cm³/mol. The number of benzene rings is 2. The summed E-state index contributed by atoms with van der Waals surface area (Å²) in [6.45, 7) is 1.77. The smallest absolute Gasteiger partial charge is 0.254 e. The molecule has 7 nitrogen and oxygen atoms in total. The highest BCUT2D eigenvalue weighted by atomic mass is 32.2. The van der Waals surface area contributed by atoms with E-state index in [1.54, 1.807) is 43.3 Å². The minimum Gasteiger partial charge on any atom is -0.468 e. The van der Waals surface area contributed by atoms with Crippen LogP contribution in [0.2, 0.25) is 0 Å². The Labute approximate surface area is 201 Å². The average Bonchev–Trinajstić information content (AvgIpc) is 3.38. The van der Waals surface area contributed by atoms with Crippen LogP contribution in [-0.4, -0.2) is 17.6 Å². The van der Waals surface area contributed by atoms with Crippen LogP contribution in [0.15, 0.2) is 105 Å². The fourth-order valence-electron chi connectivity index (χ4n) is 3.64. The number of anilines is 2. The summed E-state index contributed by atoms with van der Waals surface area (Å²) in [6.07, 6.45) is 1.51. The Hall–Kier alpha value is -4.22. The van der Waals surface area contributed by atoms with Gasteiger partial charge in [-0.2, -0.15) is 5.26 Å². The average molecular weight is 471 g/mol. The number of furan rings is 1. The molecule has 2 amide bonds. The van der Waals surface area contributed by atoms with Gasteiger partial charge in [0.25, 0.3) is 5.91 Å². The van der Waals surface area contributed by atoms with Gasteiger partial charge in [0.15, 0.2) is 0 Å². The molecular formula is C26H22N4O3S. The Balaban J connectivity index is 1.59. The molecule has 0 fully saturated rings. The van der Waals surface area contributed by atoms with Crippen molar-refractivity contribution in [3.05, 3.63) is 107 Å². The van der Waals surface area contributed by atoms with E-state index in [0.717, 1.165) is 0 Å². The van der Waals surface area contributed by atoms with Crippen LogP contribution in [-0.2, 0) is 9.59 Å². The van der Waals surface area contributed by atoms with Crippen molar-refractivity contribution in [3.8, 4) is 6.07 Å². The molecule has 8 heteroatoms. The second-order valence-electron chi connectivity index (χ2n) is 7.49. The highest BCUT2D eigenvalue weighted by Gasteiger charge is 2.36. The van der Waals surface area contributed by atoms with E-state index < -0.39 is 5.92 Å². The van der Waals surface area contributed by atoms with Crippen molar-refractivity contribution in [2.45, 2.75) is 12.8 Å². The lowest BCUT2D eigenvalue weighted by atomic mass is 9.85. The van der Waals surface area contributed by atoms with Crippen LogP contribution < -0.4 is 16.0 Å². The molecule has 1 aliphatic rings. The van der Waals surface area contributed by atoms with Gasteiger partial charge in [-0.25, -0.2) is 0 Å². The number of para-hydroxylation sites is 2. The number of dihydropyridines is 1. The molecule has 1 aromatic heterocycles. The number of rotatable bonds is 7. The SMILES string of the molecule is CC1=C(C(=O)Nc2ccccc2)[C@@H](c2ccco2)C(C#N)=C(SCC(=O)Nc2ccccc2)N1. The van der Waals surface area contributed by atoms with Gasteiger partial charge in [0.2, 0.25) is 5.91 Å². The number of amides is 2. The van der Waals surface area contributed by atoms with Gasteiger partial charge < -0.3 is 20.4 Å². The topological polar surface area (TPSA) is 107 Å². The van der Waals surface area contributed by atoms with E-state index in [2.05, 4.69) is 22.0 Å². The van der Waals surface area contributed by atoms with Crippen molar-refractivity contribution in [2.24, 2.45) is 0 Å². The zero-order valence-electron chi connectivity index (χ0n) is 18.4. The number of nitrogens with one attached hydrogen (secondary N) is 3. The Morgan fingerprint density at radius 2 is 1.65 bits per heavy atom. The summed E-state index contributed by atoms with van der Waals surface area (Å²) in [7, 11) is 0. The summed E-state index contributed by atoms with van der Waals surface area (Å²) in [6, 6.07) is 23.9. The molecule has 0 bridgehead atoms. The molecule has 0 aliphatic carbocycles. The maximum atomic E-state index is 13.3. The molecule has 3 aromatic rings. The molecule has 1 atom stereocenters. The van der Waals surface area contributed by atoms with Gasteiger partial charge in [-0.3, -0.25) is 9.59 Å². The summed E-state index contributed by atoms with van der Waals surface area (Å²) in [4.78, 5) is 25.7. The third-order valence-corrected chi connectivity index (χ3v) is 6.17. The minimum absolute atomic E-state index is 0.0894. The Morgan fingerprint density at radius 3 is 2.24 bits per heavy atom. The first kappa shape index (κ1) is 23.0. The van der Waals surface area contributed by atoms with Gasteiger partial charge in [0.1, 0.15) is 5.76 Å². The van der Waals surface area contributed by atoms with Crippen LogP contribution in [0.4, 0.5) is 11.4 Å². The zero-order chi connectivity index (χ0) is 23.9. The quantitative estimate of drug-likeness (QED) is 0.449. The second kappa shape index (κ2) is 10.6. The number of allylic oxidation sites excluding steroid dienone is 2. The summed E-state index contributed by atoms with van der Waals surface area (Å²) in [5.41, 5.74) is 2.62. The predicted octanol–water partition coefficient (Wildman–Crippen LogP) is 4.99. The summed E-state index contributed by atoms with van der Waals surface area (Å²) in [5.74, 6) is -0.679. The van der Waals surface area contributed by atoms with E-state index in [4.69, 9.17) is 4.42 Å². The molecule has 0 saturated heterocycles. The lowest BCUT2D eigenvalue weighted by Gasteiger charge is -2.28. The highest BCUT2D eigenvalue weighted by molar-refractivity contribution is 8.03. The van der Waals surface area contributed by atoms with Crippen LogP contribution >= 0.6 is 11.8 Å². The normalized spacial score (nSPS) is 15.4. The van der Waals surface area contributed by atoms with Crippen LogP contribution in [0.25, 0.3) is 0 Å². The largest absolute Gasteiger partial charge is 0.468 e. The lowest BCUT2D eigenvalue weighted by molar-refractivity contribution is -0.114. The van der Waals surface area contributed by atoms with Crippen molar-refractivity contribution in [2.75, 3.05) is 16.4 Å². The van der Waals surface area contributed by atoms with Crippen molar-refractivity contribution in [1.29, 1.82) is 5.26 Å².